The second kappa shape index (κ2) is 17.2. The number of amides is 2. The Kier molecular flexibility index (Phi) is 13.4. The zero-order chi connectivity index (χ0) is 35.4. The number of ketones is 1. The van der Waals surface area contributed by atoms with Crippen LogP contribution >= 0.6 is 0 Å². The minimum atomic E-state index is -1.32. The summed E-state index contributed by atoms with van der Waals surface area (Å²) in [5.74, 6) is -3.65. The zero-order valence-corrected chi connectivity index (χ0v) is 27.8. The number of benzene rings is 1. The van der Waals surface area contributed by atoms with E-state index in [0.717, 1.165) is 5.56 Å². The van der Waals surface area contributed by atoms with Gasteiger partial charge in [-0.15, -0.1) is 0 Å². The second-order valence-electron chi connectivity index (χ2n) is 11.9. The lowest BCUT2D eigenvalue weighted by atomic mass is 9.87. The topological polar surface area (TPSA) is 201 Å². The molecule has 2 aromatic rings. The Morgan fingerprint density at radius 2 is 1.77 bits per heavy atom. The van der Waals surface area contributed by atoms with Gasteiger partial charge in [0.15, 0.2) is 17.3 Å². The van der Waals surface area contributed by atoms with E-state index in [4.69, 9.17) is 24.1 Å². The fraction of sp³-hybridized carbons (Fsp3) is 0.515. The lowest BCUT2D eigenvalue weighted by molar-refractivity contribution is -0.165. The number of rotatable bonds is 16. The minimum absolute atomic E-state index is 0.0325. The number of anilines is 1. The Bertz CT molecular complexity index is 1510. The van der Waals surface area contributed by atoms with Crippen molar-refractivity contribution in [2.24, 2.45) is 5.41 Å². The van der Waals surface area contributed by atoms with Crippen molar-refractivity contribution >= 4 is 41.3 Å². The summed E-state index contributed by atoms with van der Waals surface area (Å²) in [6, 6.07) is 4.30. The van der Waals surface area contributed by atoms with Gasteiger partial charge in [0.1, 0.15) is 24.4 Å². The monoisotopic (exact) mass is 670 g/mol. The number of nitrogens with zero attached hydrogens (tertiary/aromatic N) is 3. The summed E-state index contributed by atoms with van der Waals surface area (Å²) in [5, 5.41) is 11.4. The number of carboxylic acid groups (broad SMARTS) is 1. The van der Waals surface area contributed by atoms with Crippen LogP contribution in [0.15, 0.2) is 30.6 Å². The van der Waals surface area contributed by atoms with Gasteiger partial charge in [0, 0.05) is 19.9 Å². The number of Topliss-reactive ketones (excluding diaryl/α,β-unsaturated/α-hetero) is 1. The highest BCUT2D eigenvalue weighted by Crippen LogP contribution is 2.31. The summed E-state index contributed by atoms with van der Waals surface area (Å²) in [7, 11) is 3.03. The molecular weight excluding hydrogens is 628 g/mol. The van der Waals surface area contributed by atoms with Crippen LogP contribution in [0.4, 0.5) is 5.82 Å². The highest BCUT2D eigenvalue weighted by atomic mass is 16.5. The molecule has 0 aliphatic carbocycles. The Balaban J connectivity index is 1.87. The van der Waals surface area contributed by atoms with E-state index >= 15 is 0 Å². The van der Waals surface area contributed by atoms with Gasteiger partial charge in [-0.25, -0.2) is 9.78 Å². The van der Waals surface area contributed by atoms with E-state index < -0.39 is 53.1 Å². The number of aryl methyl sites for hydroxylation is 1. The van der Waals surface area contributed by atoms with Crippen LogP contribution < -0.4 is 14.8 Å². The predicted octanol–water partition coefficient (Wildman–Crippen LogP) is 3.05. The first-order valence-corrected chi connectivity index (χ1v) is 15.5. The van der Waals surface area contributed by atoms with Crippen LogP contribution in [0.2, 0.25) is 0 Å². The zero-order valence-electron chi connectivity index (χ0n) is 27.8. The van der Waals surface area contributed by atoms with Crippen LogP contribution in [0.25, 0.3) is 0 Å². The van der Waals surface area contributed by atoms with Crippen molar-refractivity contribution in [3.05, 3.63) is 41.9 Å². The Morgan fingerprint density at radius 1 is 1.04 bits per heavy atom. The van der Waals surface area contributed by atoms with Gasteiger partial charge in [-0.1, -0.05) is 6.07 Å². The summed E-state index contributed by atoms with van der Waals surface area (Å²) >= 11 is 0. The van der Waals surface area contributed by atoms with E-state index in [1.807, 2.05) is 6.07 Å². The molecule has 2 N–H and O–H groups in total. The summed E-state index contributed by atoms with van der Waals surface area (Å²) in [5.41, 5.74) is -0.288. The molecule has 1 aromatic carbocycles. The SMILES string of the molecule is COc1ccc(CC[C@@H](OC(=O)[C@@H]2CCCCN2C(=O)C(=O)C(C)(C)COC(C)=O)c2cncc(NC(=O)CCC(=O)O)n2)cc1OC. The van der Waals surface area contributed by atoms with Crippen molar-refractivity contribution < 1.29 is 52.8 Å². The molecule has 0 radical (unpaired) electrons. The molecule has 2 heterocycles. The van der Waals surface area contributed by atoms with Gasteiger partial charge in [0.2, 0.25) is 11.7 Å². The number of aliphatic carboxylic acids is 1. The van der Waals surface area contributed by atoms with Crippen LogP contribution in [-0.4, -0.2) is 88.9 Å². The van der Waals surface area contributed by atoms with Gasteiger partial charge in [-0.2, -0.15) is 0 Å². The number of ether oxygens (including phenoxy) is 4. The molecule has 2 atom stereocenters. The predicted molar refractivity (Wildman–Crippen MR) is 169 cm³/mol. The highest BCUT2D eigenvalue weighted by molar-refractivity contribution is 6.38. The average Bonchev–Trinajstić information content (AvgIpc) is 3.07. The second-order valence-corrected chi connectivity index (χ2v) is 11.9. The first kappa shape index (κ1) is 37.4. The van der Waals surface area contributed by atoms with E-state index in [-0.39, 0.29) is 50.3 Å². The van der Waals surface area contributed by atoms with E-state index in [0.29, 0.717) is 30.8 Å². The van der Waals surface area contributed by atoms with Crippen molar-refractivity contribution in [3.8, 4) is 11.5 Å². The number of esters is 2. The van der Waals surface area contributed by atoms with Gasteiger partial charge in [-0.3, -0.25) is 29.0 Å². The molecule has 2 amide bonds. The first-order valence-electron chi connectivity index (χ1n) is 15.5. The number of piperidine rings is 1. The molecule has 1 aliphatic rings. The maximum atomic E-state index is 13.8. The molecule has 48 heavy (non-hydrogen) atoms. The molecule has 15 heteroatoms. The summed E-state index contributed by atoms with van der Waals surface area (Å²) in [6.45, 7) is 4.04. The largest absolute Gasteiger partial charge is 0.493 e. The summed E-state index contributed by atoms with van der Waals surface area (Å²) < 4.78 is 21.7. The lowest BCUT2D eigenvalue weighted by Crippen LogP contribution is -2.53. The van der Waals surface area contributed by atoms with Crippen molar-refractivity contribution in [1.29, 1.82) is 0 Å². The Hall–Kier alpha value is -5.08. The molecule has 1 saturated heterocycles. The fourth-order valence-corrected chi connectivity index (χ4v) is 5.03. The maximum absolute atomic E-state index is 13.8. The summed E-state index contributed by atoms with van der Waals surface area (Å²) in [6.07, 6.45) is 3.05. The number of hydrogen-bond donors (Lipinski definition) is 2. The molecule has 0 spiro atoms. The van der Waals surface area contributed by atoms with Gasteiger partial charge >= 0.3 is 17.9 Å². The highest BCUT2D eigenvalue weighted by Gasteiger charge is 2.42. The van der Waals surface area contributed by atoms with Crippen LogP contribution in [0.1, 0.15) is 76.7 Å². The van der Waals surface area contributed by atoms with Crippen molar-refractivity contribution in [3.63, 3.8) is 0 Å². The molecule has 15 nitrogen and oxygen atoms in total. The Labute approximate surface area is 278 Å². The number of carbonyl (C=O) groups is 6. The van der Waals surface area contributed by atoms with Crippen molar-refractivity contribution in [1.82, 2.24) is 14.9 Å². The third kappa shape index (κ3) is 10.5. The number of likely N-dealkylation sites (tertiary alicyclic amines) is 1. The van der Waals surface area contributed by atoms with Gasteiger partial charge < -0.3 is 34.3 Å². The lowest BCUT2D eigenvalue weighted by Gasteiger charge is -2.36. The first-order chi connectivity index (χ1) is 22.7. The molecule has 0 bridgehead atoms. The minimum Gasteiger partial charge on any atom is -0.493 e. The van der Waals surface area contributed by atoms with Gasteiger partial charge in [0.25, 0.3) is 5.91 Å². The molecule has 1 aromatic heterocycles. The molecule has 0 unspecified atom stereocenters. The van der Waals surface area contributed by atoms with E-state index in [2.05, 4.69) is 15.3 Å². The normalized spacial score (nSPS) is 15.1. The third-order valence-electron chi connectivity index (χ3n) is 7.70. The molecule has 260 valence electrons. The standard InChI is InChI=1S/C33H42N4O11/c1-20(38)47-19-33(2,3)30(42)31(43)37-15-7-6-8-23(37)32(44)48-24(11-9-21-10-12-25(45-4)26(16-21)46-5)22-17-34-18-27(35-22)36-28(39)13-14-29(40)41/h10,12,16-18,23-24H,6-9,11,13-15,19H2,1-5H3,(H,40,41)(H,35,36,39)/t23-,24+/m0/s1. The van der Waals surface area contributed by atoms with E-state index in [9.17, 15) is 28.8 Å². The number of carbonyl (C=O) groups excluding carboxylic acids is 5. The molecule has 3 rings (SSSR count). The fourth-order valence-electron chi connectivity index (χ4n) is 5.03. The number of methoxy groups -OCH3 is 2. The van der Waals surface area contributed by atoms with Crippen molar-refractivity contribution in [2.45, 2.75) is 77.9 Å². The van der Waals surface area contributed by atoms with E-state index in [1.54, 1.807) is 12.1 Å². The molecular formula is C33H42N4O11. The van der Waals surface area contributed by atoms with Crippen LogP contribution in [0.5, 0.6) is 11.5 Å². The Morgan fingerprint density at radius 3 is 2.44 bits per heavy atom. The maximum Gasteiger partial charge on any atom is 0.329 e. The molecule has 1 aliphatic heterocycles. The number of hydrogen-bond acceptors (Lipinski definition) is 12. The number of aromatic nitrogens is 2. The average molecular weight is 671 g/mol. The van der Waals surface area contributed by atoms with Crippen LogP contribution in [-0.2, 0) is 44.7 Å². The smallest absolute Gasteiger partial charge is 0.329 e. The van der Waals surface area contributed by atoms with Gasteiger partial charge in [-0.05, 0) is 63.6 Å². The van der Waals surface area contributed by atoms with Crippen molar-refractivity contribution in [2.75, 3.05) is 32.7 Å². The van der Waals surface area contributed by atoms with Gasteiger partial charge in [0.05, 0.1) is 38.4 Å². The quantitative estimate of drug-likeness (QED) is 0.195. The van der Waals surface area contributed by atoms with Crippen LogP contribution in [0, 0.1) is 5.41 Å². The molecule has 1 fully saturated rings. The van der Waals surface area contributed by atoms with E-state index in [1.165, 1.54) is 52.3 Å². The van der Waals surface area contributed by atoms with Crippen LogP contribution in [0.3, 0.4) is 0 Å². The number of carboxylic acids is 1. The summed E-state index contributed by atoms with van der Waals surface area (Å²) in [4.78, 5) is 84.7. The third-order valence-corrected chi connectivity index (χ3v) is 7.70. The number of nitrogens with one attached hydrogen (secondary N) is 1. The molecule has 0 saturated carbocycles.